The maximum absolute atomic E-state index is 11.9. The lowest BCUT2D eigenvalue weighted by atomic mass is 9.97. The van der Waals surface area contributed by atoms with Gasteiger partial charge >= 0.3 is 0 Å². The van der Waals surface area contributed by atoms with Crippen LogP contribution >= 0.6 is 23.5 Å². The Morgan fingerprint density at radius 3 is 2.00 bits per heavy atom. The number of thioether (sulfide) groups is 2. The molecule has 1 saturated heterocycles. The lowest BCUT2D eigenvalue weighted by Gasteiger charge is -2.33. The lowest BCUT2D eigenvalue weighted by Crippen LogP contribution is -2.31. The van der Waals surface area contributed by atoms with E-state index in [0.717, 1.165) is 35.0 Å². The predicted molar refractivity (Wildman–Crippen MR) is 114 cm³/mol. The van der Waals surface area contributed by atoms with Gasteiger partial charge in [0.15, 0.2) is 0 Å². The molecule has 1 amide bonds. The van der Waals surface area contributed by atoms with Crippen molar-refractivity contribution < 1.29 is 14.3 Å². The van der Waals surface area contributed by atoms with Crippen LogP contribution in [0.2, 0.25) is 0 Å². The minimum Gasteiger partial charge on any atom is -0.497 e. The standard InChI is InChI=1S/C21H25NO3S2/c1-15(23)22-20(16-4-8-18(24-2)9-5-16)14-21(26-12-13-27-21)17-6-10-19(25-3)11-7-17/h4-11,20H,12-14H2,1-3H3,(H,22,23). The highest BCUT2D eigenvalue weighted by Crippen LogP contribution is 2.56. The number of rotatable bonds is 7. The monoisotopic (exact) mass is 403 g/mol. The molecule has 1 aliphatic heterocycles. The molecular weight excluding hydrogens is 378 g/mol. The minimum absolute atomic E-state index is 0.0197. The smallest absolute Gasteiger partial charge is 0.217 e. The van der Waals surface area contributed by atoms with Crippen LogP contribution < -0.4 is 14.8 Å². The van der Waals surface area contributed by atoms with Gasteiger partial charge < -0.3 is 14.8 Å². The summed E-state index contributed by atoms with van der Waals surface area (Å²) in [6, 6.07) is 16.2. The summed E-state index contributed by atoms with van der Waals surface area (Å²) < 4.78 is 10.5. The van der Waals surface area contributed by atoms with Crippen LogP contribution in [-0.4, -0.2) is 31.6 Å². The summed E-state index contributed by atoms with van der Waals surface area (Å²) >= 11 is 3.92. The molecule has 1 heterocycles. The Hall–Kier alpha value is -1.79. The molecule has 0 aromatic heterocycles. The van der Waals surface area contributed by atoms with Crippen molar-refractivity contribution in [2.45, 2.75) is 23.5 Å². The molecule has 0 aliphatic carbocycles. The van der Waals surface area contributed by atoms with E-state index in [1.165, 1.54) is 5.56 Å². The topological polar surface area (TPSA) is 47.6 Å². The molecule has 3 rings (SSSR count). The van der Waals surface area contributed by atoms with E-state index in [9.17, 15) is 4.79 Å². The largest absolute Gasteiger partial charge is 0.497 e. The zero-order valence-electron chi connectivity index (χ0n) is 15.9. The van der Waals surface area contributed by atoms with Gasteiger partial charge in [-0.15, -0.1) is 23.5 Å². The molecule has 0 radical (unpaired) electrons. The highest BCUT2D eigenvalue weighted by molar-refractivity contribution is 8.20. The highest BCUT2D eigenvalue weighted by Gasteiger charge is 2.40. The maximum atomic E-state index is 11.9. The van der Waals surface area contributed by atoms with E-state index in [1.807, 2.05) is 59.9 Å². The van der Waals surface area contributed by atoms with Crippen LogP contribution in [0.25, 0.3) is 0 Å². The van der Waals surface area contributed by atoms with Gasteiger partial charge in [-0.2, -0.15) is 0 Å². The fourth-order valence-corrected chi connectivity index (χ4v) is 6.64. The van der Waals surface area contributed by atoms with Gasteiger partial charge in [-0.1, -0.05) is 24.3 Å². The average molecular weight is 404 g/mol. The van der Waals surface area contributed by atoms with Crippen LogP contribution in [0.5, 0.6) is 11.5 Å². The summed E-state index contributed by atoms with van der Waals surface area (Å²) in [5.41, 5.74) is 2.35. The van der Waals surface area contributed by atoms with E-state index in [-0.39, 0.29) is 16.0 Å². The molecule has 1 N–H and O–H groups in total. The van der Waals surface area contributed by atoms with E-state index in [1.54, 1.807) is 21.1 Å². The fourth-order valence-electron chi connectivity index (χ4n) is 3.30. The number of nitrogens with one attached hydrogen (secondary N) is 1. The van der Waals surface area contributed by atoms with Crippen LogP contribution in [0, 0.1) is 0 Å². The van der Waals surface area contributed by atoms with Crippen molar-refractivity contribution in [3.05, 3.63) is 59.7 Å². The van der Waals surface area contributed by atoms with Crippen LogP contribution in [0.1, 0.15) is 30.5 Å². The Balaban J connectivity index is 1.91. The molecule has 1 aliphatic rings. The molecule has 0 saturated carbocycles. The Labute approximate surface area is 169 Å². The first-order valence-corrected chi connectivity index (χ1v) is 10.9. The molecule has 1 atom stereocenters. The summed E-state index contributed by atoms with van der Waals surface area (Å²) in [6.45, 7) is 1.57. The molecule has 27 heavy (non-hydrogen) atoms. The van der Waals surface area contributed by atoms with Crippen LogP contribution in [0.3, 0.4) is 0 Å². The molecule has 144 valence electrons. The Morgan fingerprint density at radius 2 is 1.52 bits per heavy atom. The number of ether oxygens (including phenoxy) is 2. The molecule has 1 fully saturated rings. The number of hydrogen-bond donors (Lipinski definition) is 1. The number of methoxy groups -OCH3 is 2. The third kappa shape index (κ3) is 4.74. The van der Waals surface area contributed by atoms with Gasteiger partial charge in [-0.05, 0) is 41.8 Å². The zero-order chi connectivity index (χ0) is 19.3. The second-order valence-corrected chi connectivity index (χ2v) is 9.45. The first-order chi connectivity index (χ1) is 13.1. The van der Waals surface area contributed by atoms with E-state index in [0.29, 0.717) is 0 Å². The van der Waals surface area contributed by atoms with Gasteiger partial charge in [0, 0.05) is 18.4 Å². The number of amides is 1. The van der Waals surface area contributed by atoms with Crippen LogP contribution in [-0.2, 0) is 8.87 Å². The van der Waals surface area contributed by atoms with E-state index in [4.69, 9.17) is 9.47 Å². The molecule has 2 aromatic rings. The Morgan fingerprint density at radius 1 is 1.00 bits per heavy atom. The predicted octanol–water partition coefficient (Wildman–Crippen LogP) is 4.60. The molecule has 2 aromatic carbocycles. The molecular formula is C21H25NO3S2. The Kier molecular flexibility index (Phi) is 6.60. The number of hydrogen-bond acceptors (Lipinski definition) is 5. The summed E-state index contributed by atoms with van der Waals surface area (Å²) in [5, 5.41) is 3.15. The summed E-state index contributed by atoms with van der Waals surface area (Å²) in [5.74, 6) is 3.86. The first-order valence-electron chi connectivity index (χ1n) is 8.90. The van der Waals surface area contributed by atoms with Gasteiger partial charge in [0.25, 0.3) is 0 Å². The molecule has 1 unspecified atom stereocenters. The Bertz CT molecular complexity index is 756. The number of carbonyl (C=O) groups is 1. The molecule has 0 spiro atoms. The summed E-state index contributed by atoms with van der Waals surface area (Å²) in [6.07, 6.45) is 0.820. The van der Waals surface area contributed by atoms with Gasteiger partial charge in [-0.25, -0.2) is 0 Å². The normalized spacial score (nSPS) is 16.6. The SMILES string of the molecule is COc1ccc(C(CC2(c3ccc(OC)cc3)SCCS2)NC(C)=O)cc1. The van der Waals surface area contributed by atoms with Gasteiger partial charge in [0.05, 0.1) is 24.3 Å². The maximum Gasteiger partial charge on any atom is 0.217 e. The van der Waals surface area contributed by atoms with Crippen molar-refractivity contribution in [3.8, 4) is 11.5 Å². The van der Waals surface area contributed by atoms with Crippen molar-refractivity contribution in [3.63, 3.8) is 0 Å². The number of carbonyl (C=O) groups excluding carboxylic acids is 1. The van der Waals surface area contributed by atoms with Gasteiger partial charge in [-0.3, -0.25) is 4.79 Å². The quantitative estimate of drug-likeness (QED) is 0.732. The van der Waals surface area contributed by atoms with Crippen molar-refractivity contribution in [1.82, 2.24) is 5.32 Å². The third-order valence-corrected chi connectivity index (χ3v) is 8.17. The van der Waals surface area contributed by atoms with E-state index in [2.05, 4.69) is 17.4 Å². The molecule has 6 heteroatoms. The van der Waals surface area contributed by atoms with Crippen LogP contribution in [0.15, 0.2) is 48.5 Å². The number of benzene rings is 2. The second kappa shape index (κ2) is 8.93. The summed E-state index contributed by atoms with van der Waals surface area (Å²) in [7, 11) is 3.34. The molecule has 0 bridgehead atoms. The highest BCUT2D eigenvalue weighted by atomic mass is 32.2. The average Bonchev–Trinajstić information content (AvgIpc) is 3.17. The lowest BCUT2D eigenvalue weighted by molar-refractivity contribution is -0.119. The molecule has 4 nitrogen and oxygen atoms in total. The van der Waals surface area contributed by atoms with E-state index >= 15 is 0 Å². The van der Waals surface area contributed by atoms with Gasteiger partial charge in [0.2, 0.25) is 5.91 Å². The van der Waals surface area contributed by atoms with Crippen molar-refractivity contribution in [2.75, 3.05) is 25.7 Å². The van der Waals surface area contributed by atoms with Gasteiger partial charge in [0.1, 0.15) is 11.5 Å². The zero-order valence-corrected chi connectivity index (χ0v) is 17.5. The minimum atomic E-state index is -0.0840. The summed E-state index contributed by atoms with van der Waals surface area (Å²) in [4.78, 5) is 11.9. The van der Waals surface area contributed by atoms with Crippen LogP contribution in [0.4, 0.5) is 0 Å². The second-order valence-electron chi connectivity index (χ2n) is 6.41. The van der Waals surface area contributed by atoms with Crippen molar-refractivity contribution in [1.29, 1.82) is 0 Å². The van der Waals surface area contributed by atoms with E-state index < -0.39 is 0 Å². The van der Waals surface area contributed by atoms with Crippen molar-refractivity contribution in [2.24, 2.45) is 0 Å². The first kappa shape index (κ1) is 20.0. The third-order valence-electron chi connectivity index (χ3n) is 4.65. The van der Waals surface area contributed by atoms with Crippen molar-refractivity contribution >= 4 is 29.4 Å². The fraction of sp³-hybridized carbons (Fsp3) is 0.381.